The molecule has 2 saturated heterocycles. The highest BCUT2D eigenvalue weighted by Gasteiger charge is 2.45. The summed E-state index contributed by atoms with van der Waals surface area (Å²) in [6.07, 6.45) is -3.79. The van der Waals surface area contributed by atoms with Gasteiger partial charge in [-0.3, -0.25) is 15.0 Å². The smallest absolute Gasteiger partial charge is 0.324 e. The molecule has 1 aromatic heterocycles. The second-order valence-electron chi connectivity index (χ2n) is 6.13. The third-order valence-corrected chi connectivity index (χ3v) is 5.15. The molecule has 2 aliphatic heterocycles. The lowest BCUT2D eigenvalue weighted by Gasteiger charge is -2.36. The number of likely N-dealkylation sites (tertiary alicyclic amines) is 1. The molecule has 0 atom stereocenters. The molecule has 0 aliphatic carbocycles. The topological polar surface area (TPSA) is 73.0 Å². The van der Waals surface area contributed by atoms with E-state index in [9.17, 15) is 27.6 Å². The van der Waals surface area contributed by atoms with Gasteiger partial charge in [0.1, 0.15) is 13.1 Å². The van der Waals surface area contributed by atoms with E-state index in [1.54, 1.807) is 11.0 Å². The van der Waals surface area contributed by atoms with Crippen molar-refractivity contribution in [3.8, 4) is 0 Å². The van der Waals surface area contributed by atoms with Gasteiger partial charge < -0.3 is 9.80 Å². The van der Waals surface area contributed by atoms with Crippen molar-refractivity contribution in [1.29, 1.82) is 0 Å². The average Bonchev–Trinajstić information content (AvgIpc) is 3.17. The fourth-order valence-electron chi connectivity index (χ4n) is 3.10. The second kappa shape index (κ2) is 7.14. The number of imide groups is 1. The van der Waals surface area contributed by atoms with Gasteiger partial charge in [0.05, 0.1) is 5.00 Å². The first-order chi connectivity index (χ1) is 12.2. The Labute approximate surface area is 151 Å². The Balaban J connectivity index is 1.54. The van der Waals surface area contributed by atoms with Crippen LogP contribution in [-0.2, 0) is 4.79 Å². The number of carbonyl (C=O) groups excluding carboxylic acids is 3. The Bertz CT molecular complexity index is 687. The van der Waals surface area contributed by atoms with Gasteiger partial charge in [-0.1, -0.05) is 0 Å². The zero-order valence-electron chi connectivity index (χ0n) is 13.7. The molecule has 0 spiro atoms. The number of amides is 5. The molecular formula is C15H17F3N4O3S. The number of halogens is 3. The maximum absolute atomic E-state index is 12.5. The lowest BCUT2D eigenvalue weighted by atomic mass is 10.0. The van der Waals surface area contributed by atoms with Crippen LogP contribution in [0.1, 0.15) is 12.8 Å². The minimum absolute atomic E-state index is 0.246. The highest BCUT2D eigenvalue weighted by atomic mass is 32.1. The summed E-state index contributed by atoms with van der Waals surface area (Å²) >= 11 is 1.39. The predicted octanol–water partition coefficient (Wildman–Crippen LogP) is 2.57. The molecule has 5 amide bonds. The third-order valence-electron chi connectivity index (χ3n) is 4.36. The van der Waals surface area contributed by atoms with Gasteiger partial charge in [0.25, 0.3) is 5.91 Å². The molecule has 2 fully saturated rings. The van der Waals surface area contributed by atoms with Crippen LogP contribution in [0.4, 0.5) is 27.8 Å². The zero-order chi connectivity index (χ0) is 18.9. The molecule has 1 N–H and O–H groups in total. The van der Waals surface area contributed by atoms with Crippen molar-refractivity contribution >= 4 is 34.3 Å². The van der Waals surface area contributed by atoms with Crippen LogP contribution in [0, 0.1) is 0 Å². The zero-order valence-corrected chi connectivity index (χ0v) is 14.5. The average molecular weight is 390 g/mol. The van der Waals surface area contributed by atoms with Crippen LogP contribution in [0.2, 0.25) is 0 Å². The van der Waals surface area contributed by atoms with E-state index in [1.165, 1.54) is 16.2 Å². The number of nitrogens with one attached hydrogen (secondary N) is 1. The van der Waals surface area contributed by atoms with Crippen LogP contribution >= 0.6 is 11.3 Å². The molecule has 3 heterocycles. The Kier molecular flexibility index (Phi) is 5.08. The van der Waals surface area contributed by atoms with Gasteiger partial charge in [-0.05, 0) is 30.4 Å². The van der Waals surface area contributed by atoms with Gasteiger partial charge in [-0.15, -0.1) is 11.3 Å². The van der Waals surface area contributed by atoms with E-state index in [4.69, 9.17) is 0 Å². The standard InChI is InChI=1S/C15H17F3N4O3S/c16-15(17,18)9-22-12(23)8-21(14(22)25)10-3-5-20(6-4-10)13(24)19-11-2-1-7-26-11/h1-2,7,10H,3-6,8-9H2,(H,19,24). The summed E-state index contributed by atoms with van der Waals surface area (Å²) in [6.45, 7) is -1.19. The van der Waals surface area contributed by atoms with E-state index >= 15 is 0 Å². The summed E-state index contributed by atoms with van der Waals surface area (Å²) in [4.78, 5) is 39.1. The number of urea groups is 2. The van der Waals surface area contributed by atoms with E-state index in [1.807, 2.05) is 11.4 Å². The minimum atomic E-state index is -4.62. The molecule has 7 nitrogen and oxygen atoms in total. The lowest BCUT2D eigenvalue weighted by Crippen LogP contribution is -2.49. The first kappa shape index (κ1) is 18.5. The molecule has 3 rings (SSSR count). The van der Waals surface area contributed by atoms with Crippen molar-refractivity contribution in [1.82, 2.24) is 14.7 Å². The lowest BCUT2D eigenvalue weighted by molar-refractivity contribution is -0.151. The van der Waals surface area contributed by atoms with E-state index in [2.05, 4.69) is 5.32 Å². The monoisotopic (exact) mass is 390 g/mol. The molecule has 11 heteroatoms. The molecule has 0 unspecified atom stereocenters. The second-order valence-corrected chi connectivity index (χ2v) is 7.08. The van der Waals surface area contributed by atoms with Gasteiger partial charge in [0, 0.05) is 19.1 Å². The van der Waals surface area contributed by atoms with Crippen molar-refractivity contribution in [3.63, 3.8) is 0 Å². The highest BCUT2D eigenvalue weighted by molar-refractivity contribution is 7.14. The summed E-state index contributed by atoms with van der Waals surface area (Å²) in [6, 6.07) is 2.08. The number of thiophene rings is 1. The van der Waals surface area contributed by atoms with Gasteiger partial charge in [-0.2, -0.15) is 13.2 Å². The van der Waals surface area contributed by atoms with Crippen LogP contribution in [-0.4, -0.2) is 71.1 Å². The van der Waals surface area contributed by atoms with E-state index in [0.717, 1.165) is 5.00 Å². The van der Waals surface area contributed by atoms with Crippen LogP contribution < -0.4 is 5.32 Å². The van der Waals surface area contributed by atoms with Gasteiger partial charge in [0.2, 0.25) is 0 Å². The van der Waals surface area contributed by atoms with E-state index in [0.29, 0.717) is 25.9 Å². The predicted molar refractivity (Wildman–Crippen MR) is 87.8 cm³/mol. The number of rotatable bonds is 3. The van der Waals surface area contributed by atoms with Crippen LogP contribution in [0.5, 0.6) is 0 Å². The number of piperidine rings is 1. The number of hydrogen-bond donors (Lipinski definition) is 1. The van der Waals surface area contributed by atoms with Crippen molar-refractivity contribution in [2.24, 2.45) is 0 Å². The molecule has 0 bridgehead atoms. The van der Waals surface area contributed by atoms with Gasteiger partial charge in [-0.25, -0.2) is 9.59 Å². The van der Waals surface area contributed by atoms with Gasteiger partial charge >= 0.3 is 18.2 Å². The molecule has 142 valence electrons. The van der Waals surface area contributed by atoms with Gasteiger partial charge in [0.15, 0.2) is 0 Å². The Morgan fingerprint density at radius 1 is 1.27 bits per heavy atom. The van der Waals surface area contributed by atoms with Crippen molar-refractivity contribution in [2.45, 2.75) is 25.1 Å². The van der Waals surface area contributed by atoms with E-state index in [-0.39, 0.29) is 23.5 Å². The summed E-state index contributed by atoms with van der Waals surface area (Å²) < 4.78 is 37.5. The van der Waals surface area contributed by atoms with E-state index < -0.39 is 24.7 Å². The van der Waals surface area contributed by atoms with Crippen LogP contribution in [0.25, 0.3) is 0 Å². The normalized spacial score (nSPS) is 19.4. The Morgan fingerprint density at radius 3 is 2.54 bits per heavy atom. The molecule has 2 aliphatic rings. The largest absolute Gasteiger partial charge is 0.406 e. The number of carbonyl (C=O) groups is 3. The first-order valence-electron chi connectivity index (χ1n) is 8.02. The Hall–Kier alpha value is -2.30. The maximum Gasteiger partial charge on any atom is 0.406 e. The summed E-state index contributed by atoms with van der Waals surface area (Å²) in [7, 11) is 0. The Morgan fingerprint density at radius 2 is 1.96 bits per heavy atom. The van der Waals surface area contributed by atoms with Crippen LogP contribution in [0.3, 0.4) is 0 Å². The van der Waals surface area contributed by atoms with Crippen molar-refractivity contribution in [3.05, 3.63) is 17.5 Å². The van der Waals surface area contributed by atoms with Crippen molar-refractivity contribution < 1.29 is 27.6 Å². The quantitative estimate of drug-likeness (QED) is 0.807. The number of anilines is 1. The number of nitrogens with zero attached hydrogens (tertiary/aromatic N) is 3. The minimum Gasteiger partial charge on any atom is -0.324 e. The molecule has 0 aromatic carbocycles. The number of alkyl halides is 3. The number of hydrogen-bond acceptors (Lipinski definition) is 4. The van der Waals surface area contributed by atoms with Crippen LogP contribution in [0.15, 0.2) is 17.5 Å². The molecule has 0 radical (unpaired) electrons. The highest BCUT2D eigenvalue weighted by Crippen LogP contribution is 2.26. The summed E-state index contributed by atoms with van der Waals surface area (Å²) in [5, 5.41) is 5.32. The fraction of sp³-hybridized carbons (Fsp3) is 0.533. The summed E-state index contributed by atoms with van der Waals surface area (Å²) in [5.41, 5.74) is 0. The molecule has 26 heavy (non-hydrogen) atoms. The molecular weight excluding hydrogens is 373 g/mol. The fourth-order valence-corrected chi connectivity index (χ4v) is 3.70. The SMILES string of the molecule is O=C(Nc1cccs1)N1CCC(N2CC(=O)N(CC(F)(F)F)C2=O)CC1. The summed E-state index contributed by atoms with van der Waals surface area (Å²) in [5.74, 6) is -0.842. The third kappa shape index (κ3) is 4.09. The molecule has 1 aromatic rings. The first-order valence-corrected chi connectivity index (χ1v) is 8.90. The molecule has 0 saturated carbocycles. The van der Waals surface area contributed by atoms with Crippen molar-refractivity contribution in [2.75, 3.05) is 31.5 Å². The maximum atomic E-state index is 12.5.